The Balaban J connectivity index is 2.10. The molecule has 1 atom stereocenters. The van der Waals surface area contributed by atoms with E-state index >= 15 is 0 Å². The molecule has 0 bridgehead atoms. The quantitative estimate of drug-likeness (QED) is 0.697. The van der Waals surface area contributed by atoms with Gasteiger partial charge in [0.25, 0.3) is 5.91 Å². The number of benzene rings is 2. The zero-order chi connectivity index (χ0) is 22.7. The Labute approximate surface area is 173 Å². The summed E-state index contributed by atoms with van der Waals surface area (Å²) in [7, 11) is -2.20. The monoisotopic (exact) mass is 444 g/mol. The number of hydrogen-bond acceptors (Lipinski definition) is 4. The number of alkyl halides is 3. The Hall–Kier alpha value is -2.59. The normalized spacial score (nSPS) is 13.4. The lowest BCUT2D eigenvalue weighted by atomic mass is 10.2. The maximum atomic E-state index is 13.1. The van der Waals surface area contributed by atoms with E-state index in [2.05, 4.69) is 5.32 Å². The van der Waals surface area contributed by atoms with Crippen LogP contribution in [0, 0.1) is 0 Å². The lowest BCUT2D eigenvalue weighted by Gasteiger charge is -2.21. The molecule has 0 aliphatic heterocycles. The second kappa shape index (κ2) is 9.05. The summed E-state index contributed by atoms with van der Waals surface area (Å²) >= 11 is 0. The van der Waals surface area contributed by atoms with Crippen LogP contribution in [-0.2, 0) is 21.0 Å². The first kappa shape index (κ1) is 23.7. The van der Waals surface area contributed by atoms with Crippen LogP contribution in [0.1, 0.15) is 26.3 Å². The number of halogens is 3. The first-order chi connectivity index (χ1) is 13.8. The zero-order valence-corrected chi connectivity index (χ0v) is 17.7. The van der Waals surface area contributed by atoms with Gasteiger partial charge in [-0.2, -0.15) is 17.5 Å². The molecule has 0 heterocycles. The fourth-order valence-electron chi connectivity index (χ4n) is 2.45. The van der Waals surface area contributed by atoms with Crippen LogP contribution >= 0.6 is 0 Å². The average Bonchev–Trinajstić information content (AvgIpc) is 2.67. The summed E-state index contributed by atoms with van der Waals surface area (Å²) in [5.41, 5.74) is -0.695. The molecule has 6 nitrogen and oxygen atoms in total. The molecule has 0 radical (unpaired) electrons. The maximum absolute atomic E-state index is 13.1. The third kappa shape index (κ3) is 5.51. The molecule has 30 heavy (non-hydrogen) atoms. The van der Waals surface area contributed by atoms with Crippen molar-refractivity contribution in [1.29, 1.82) is 0 Å². The summed E-state index contributed by atoms with van der Waals surface area (Å²) in [5.74, 6) is -1.13. The summed E-state index contributed by atoms with van der Waals surface area (Å²) in [5, 5.41) is 2.50. The summed E-state index contributed by atoms with van der Waals surface area (Å²) in [6.45, 7) is 4.80. The van der Waals surface area contributed by atoms with Crippen LogP contribution in [0.4, 0.5) is 18.9 Å². The molecule has 10 heteroatoms. The number of nitrogens with one attached hydrogen (secondary N) is 1. The zero-order valence-electron chi connectivity index (χ0n) is 16.9. The van der Waals surface area contributed by atoms with Crippen LogP contribution in [0.15, 0.2) is 53.4 Å². The Morgan fingerprint density at radius 1 is 1.03 bits per heavy atom. The topological polar surface area (TPSA) is 75.7 Å². The number of carbonyl (C=O) groups is 1. The number of amides is 1. The van der Waals surface area contributed by atoms with E-state index in [1.807, 2.05) is 0 Å². The number of nitrogens with zero attached hydrogens (tertiary/aromatic N) is 1. The van der Waals surface area contributed by atoms with Crippen molar-refractivity contribution in [1.82, 2.24) is 4.31 Å². The van der Waals surface area contributed by atoms with Gasteiger partial charge in [0.2, 0.25) is 10.0 Å². The number of anilines is 1. The fourth-order valence-corrected chi connectivity index (χ4v) is 3.81. The average molecular weight is 444 g/mol. The third-order valence-electron chi connectivity index (χ3n) is 4.39. The van der Waals surface area contributed by atoms with Gasteiger partial charge in [-0.25, -0.2) is 8.42 Å². The fraction of sp³-hybridized carbons (Fsp3) is 0.350. The van der Waals surface area contributed by atoms with Gasteiger partial charge in [0, 0.05) is 18.8 Å². The van der Waals surface area contributed by atoms with Gasteiger partial charge in [-0.15, -0.1) is 0 Å². The van der Waals surface area contributed by atoms with Crippen LogP contribution in [0.25, 0.3) is 0 Å². The molecule has 0 aliphatic carbocycles. The van der Waals surface area contributed by atoms with Crippen LogP contribution in [0.2, 0.25) is 0 Å². The minimum Gasteiger partial charge on any atom is -0.480 e. The number of para-hydroxylation sites is 1. The summed E-state index contributed by atoms with van der Waals surface area (Å²) in [6.07, 6.45) is -5.83. The Morgan fingerprint density at radius 2 is 1.60 bits per heavy atom. The lowest BCUT2D eigenvalue weighted by molar-refractivity contribution is -0.140. The minimum absolute atomic E-state index is 0.0557. The lowest BCUT2D eigenvalue weighted by Crippen LogP contribution is -2.33. The Morgan fingerprint density at radius 3 is 2.13 bits per heavy atom. The summed E-state index contributed by atoms with van der Waals surface area (Å²) < 4.78 is 70.5. The van der Waals surface area contributed by atoms with Gasteiger partial charge in [0.1, 0.15) is 5.75 Å². The van der Waals surface area contributed by atoms with E-state index in [1.165, 1.54) is 54.7 Å². The number of carbonyl (C=O) groups excluding carboxylic acids is 1. The highest BCUT2D eigenvalue weighted by Crippen LogP contribution is 2.36. The molecular weight excluding hydrogens is 421 g/mol. The van der Waals surface area contributed by atoms with Gasteiger partial charge in [-0.3, -0.25) is 4.79 Å². The molecule has 2 rings (SSSR count). The van der Waals surface area contributed by atoms with Crippen LogP contribution in [-0.4, -0.2) is 37.8 Å². The molecule has 164 valence electrons. The predicted molar refractivity (Wildman–Crippen MR) is 107 cm³/mol. The highest BCUT2D eigenvalue weighted by molar-refractivity contribution is 7.89. The molecule has 0 aromatic heterocycles. The first-order valence-electron chi connectivity index (χ1n) is 9.06. The molecular formula is C20H23F3N2O4S. The highest BCUT2D eigenvalue weighted by Gasteiger charge is 2.34. The van der Waals surface area contributed by atoms with Crippen molar-refractivity contribution in [2.75, 3.05) is 12.4 Å². The van der Waals surface area contributed by atoms with Gasteiger partial charge in [0.05, 0.1) is 10.5 Å². The van der Waals surface area contributed by atoms with Crippen LogP contribution in [0.5, 0.6) is 5.75 Å². The molecule has 0 fully saturated rings. The molecule has 0 aliphatic rings. The SMILES string of the molecule is CC(Oc1ccccc1C(F)(F)F)C(=O)Nc1ccc(S(=O)(=O)N(C)C(C)C)cc1. The second-order valence-corrected chi connectivity index (χ2v) is 8.88. The molecule has 2 aromatic rings. The largest absolute Gasteiger partial charge is 0.480 e. The number of sulfonamides is 1. The standard InChI is InChI=1S/C20H23F3N2O4S/c1-13(2)25(4)30(27,28)16-11-9-15(10-12-16)24-19(26)14(3)29-18-8-6-5-7-17(18)20(21,22)23/h5-14H,1-4H3,(H,24,26). The molecule has 0 saturated heterocycles. The summed E-state index contributed by atoms with van der Waals surface area (Å²) in [6, 6.07) is 9.86. The summed E-state index contributed by atoms with van der Waals surface area (Å²) in [4.78, 5) is 12.4. The van der Waals surface area contributed by atoms with E-state index in [0.29, 0.717) is 0 Å². The van der Waals surface area contributed by atoms with Crippen molar-refractivity contribution in [3.05, 3.63) is 54.1 Å². The Bertz CT molecular complexity index is 990. The maximum Gasteiger partial charge on any atom is 0.419 e. The smallest absolute Gasteiger partial charge is 0.419 e. The highest BCUT2D eigenvalue weighted by atomic mass is 32.2. The molecule has 2 aromatic carbocycles. The van der Waals surface area contributed by atoms with Crippen molar-refractivity contribution in [2.45, 2.75) is 44.0 Å². The third-order valence-corrected chi connectivity index (χ3v) is 6.44. The van der Waals surface area contributed by atoms with E-state index in [1.54, 1.807) is 13.8 Å². The van der Waals surface area contributed by atoms with E-state index in [9.17, 15) is 26.4 Å². The van der Waals surface area contributed by atoms with Crippen molar-refractivity contribution >= 4 is 21.6 Å². The van der Waals surface area contributed by atoms with Crippen LogP contribution < -0.4 is 10.1 Å². The minimum atomic E-state index is -4.61. The van der Waals surface area contributed by atoms with Gasteiger partial charge >= 0.3 is 6.18 Å². The van der Waals surface area contributed by atoms with Gasteiger partial charge in [-0.1, -0.05) is 12.1 Å². The van der Waals surface area contributed by atoms with Crippen molar-refractivity contribution in [3.63, 3.8) is 0 Å². The molecule has 0 saturated carbocycles. The molecule has 1 N–H and O–H groups in total. The number of rotatable bonds is 7. The van der Waals surface area contributed by atoms with Crippen molar-refractivity contribution < 1.29 is 31.1 Å². The van der Waals surface area contributed by atoms with Crippen molar-refractivity contribution in [3.8, 4) is 5.75 Å². The predicted octanol–water partition coefficient (Wildman–Crippen LogP) is 4.14. The van der Waals surface area contributed by atoms with E-state index in [4.69, 9.17) is 4.74 Å². The van der Waals surface area contributed by atoms with Gasteiger partial charge in [0.15, 0.2) is 6.10 Å². The second-order valence-electron chi connectivity index (χ2n) is 6.88. The van der Waals surface area contributed by atoms with Gasteiger partial charge < -0.3 is 10.1 Å². The molecule has 1 amide bonds. The van der Waals surface area contributed by atoms with Crippen LogP contribution in [0.3, 0.4) is 0 Å². The number of hydrogen-bond donors (Lipinski definition) is 1. The first-order valence-corrected chi connectivity index (χ1v) is 10.5. The van der Waals surface area contributed by atoms with E-state index < -0.39 is 39.5 Å². The van der Waals surface area contributed by atoms with E-state index in [-0.39, 0.29) is 16.6 Å². The van der Waals surface area contributed by atoms with Crippen molar-refractivity contribution in [2.24, 2.45) is 0 Å². The number of ether oxygens (including phenoxy) is 1. The molecule has 0 spiro atoms. The molecule has 1 unspecified atom stereocenters. The van der Waals surface area contributed by atoms with Gasteiger partial charge in [-0.05, 0) is 57.2 Å². The van der Waals surface area contributed by atoms with E-state index in [0.717, 1.165) is 12.1 Å². The Kier molecular flexibility index (Phi) is 7.14.